The Bertz CT molecular complexity index is 364. The highest BCUT2D eigenvalue weighted by atomic mass is 16.4. The highest BCUT2D eigenvalue weighted by molar-refractivity contribution is 5.73. The van der Waals surface area contributed by atoms with E-state index in [9.17, 15) is 4.79 Å². The van der Waals surface area contributed by atoms with Crippen LogP contribution >= 0.6 is 0 Å². The summed E-state index contributed by atoms with van der Waals surface area (Å²) in [6.45, 7) is 6.23. The smallest absolute Gasteiger partial charge is 0.320 e. The number of pyridine rings is 1. The first-order valence-corrected chi connectivity index (χ1v) is 5.39. The van der Waals surface area contributed by atoms with E-state index in [0.717, 1.165) is 11.3 Å². The van der Waals surface area contributed by atoms with Crippen molar-refractivity contribution in [2.24, 2.45) is 5.92 Å². The summed E-state index contributed by atoms with van der Waals surface area (Å²) in [6, 6.07) is 3.31. The standard InChI is InChI=1S/C12H18N2O2/c1-8(2)11(12(15)16)14-7-10-9(3)5-4-6-13-10/h4-6,8,11,14H,7H2,1-3H3,(H,15,16). The number of nitrogens with one attached hydrogen (secondary N) is 1. The number of aryl methyl sites for hydroxylation is 1. The molecule has 0 saturated heterocycles. The molecule has 1 aromatic rings. The lowest BCUT2D eigenvalue weighted by Gasteiger charge is -2.18. The molecular formula is C12H18N2O2. The van der Waals surface area contributed by atoms with E-state index in [-0.39, 0.29) is 5.92 Å². The Hall–Kier alpha value is -1.42. The van der Waals surface area contributed by atoms with Crippen molar-refractivity contribution in [3.05, 3.63) is 29.6 Å². The molecule has 4 heteroatoms. The van der Waals surface area contributed by atoms with Crippen LogP contribution in [0.2, 0.25) is 0 Å². The maximum atomic E-state index is 11.0. The van der Waals surface area contributed by atoms with Gasteiger partial charge >= 0.3 is 5.97 Å². The Labute approximate surface area is 95.7 Å². The Kier molecular flexibility index (Phi) is 4.43. The molecule has 0 radical (unpaired) electrons. The van der Waals surface area contributed by atoms with Crippen molar-refractivity contribution in [3.63, 3.8) is 0 Å². The number of hydrogen-bond donors (Lipinski definition) is 2. The zero-order chi connectivity index (χ0) is 12.1. The number of aliphatic carboxylic acids is 1. The maximum Gasteiger partial charge on any atom is 0.320 e. The molecular weight excluding hydrogens is 204 g/mol. The fourth-order valence-electron chi connectivity index (χ4n) is 1.52. The maximum absolute atomic E-state index is 11.0. The largest absolute Gasteiger partial charge is 0.480 e. The number of nitrogens with zero attached hydrogens (tertiary/aromatic N) is 1. The molecule has 4 nitrogen and oxygen atoms in total. The van der Waals surface area contributed by atoms with Gasteiger partial charge in [-0.25, -0.2) is 0 Å². The van der Waals surface area contributed by atoms with Crippen molar-refractivity contribution in [3.8, 4) is 0 Å². The number of carboxylic acid groups (broad SMARTS) is 1. The molecule has 0 bridgehead atoms. The second kappa shape index (κ2) is 5.61. The monoisotopic (exact) mass is 222 g/mol. The van der Waals surface area contributed by atoms with E-state index in [1.165, 1.54) is 0 Å². The SMILES string of the molecule is Cc1cccnc1CNC(C(=O)O)C(C)C. The Morgan fingerprint density at radius 3 is 2.75 bits per heavy atom. The first-order valence-electron chi connectivity index (χ1n) is 5.39. The molecule has 0 aliphatic carbocycles. The van der Waals surface area contributed by atoms with Gasteiger partial charge < -0.3 is 5.11 Å². The Morgan fingerprint density at radius 2 is 2.25 bits per heavy atom. The topological polar surface area (TPSA) is 62.2 Å². The van der Waals surface area contributed by atoms with Crippen LogP contribution < -0.4 is 5.32 Å². The van der Waals surface area contributed by atoms with E-state index in [0.29, 0.717) is 6.54 Å². The van der Waals surface area contributed by atoms with Gasteiger partial charge in [0, 0.05) is 12.7 Å². The summed E-state index contributed by atoms with van der Waals surface area (Å²) in [5.74, 6) is -0.759. The van der Waals surface area contributed by atoms with Crippen molar-refractivity contribution in [1.29, 1.82) is 0 Å². The number of rotatable bonds is 5. The lowest BCUT2D eigenvalue weighted by Crippen LogP contribution is -2.40. The predicted octanol–water partition coefficient (Wildman–Crippen LogP) is 1.59. The molecule has 1 heterocycles. The van der Waals surface area contributed by atoms with Gasteiger partial charge in [-0.15, -0.1) is 0 Å². The minimum atomic E-state index is -0.816. The van der Waals surface area contributed by atoms with Crippen molar-refractivity contribution in [2.45, 2.75) is 33.4 Å². The van der Waals surface area contributed by atoms with Crippen LogP contribution in [0.3, 0.4) is 0 Å². The third-order valence-corrected chi connectivity index (χ3v) is 2.54. The number of aromatic nitrogens is 1. The third kappa shape index (κ3) is 3.31. The molecule has 0 aliphatic rings. The average Bonchev–Trinajstić information content (AvgIpc) is 2.20. The van der Waals surface area contributed by atoms with Gasteiger partial charge in [-0.3, -0.25) is 15.1 Å². The van der Waals surface area contributed by atoms with Gasteiger partial charge in [-0.2, -0.15) is 0 Å². The first kappa shape index (κ1) is 12.6. The van der Waals surface area contributed by atoms with Gasteiger partial charge in [0.1, 0.15) is 6.04 Å². The molecule has 0 amide bonds. The van der Waals surface area contributed by atoms with Crippen LogP contribution in [0.15, 0.2) is 18.3 Å². The van der Waals surface area contributed by atoms with Crippen molar-refractivity contribution in [1.82, 2.24) is 10.3 Å². The molecule has 1 unspecified atom stereocenters. The van der Waals surface area contributed by atoms with Crippen LogP contribution in [0.1, 0.15) is 25.1 Å². The van der Waals surface area contributed by atoms with Crippen molar-refractivity contribution < 1.29 is 9.90 Å². The summed E-state index contributed by atoms with van der Waals surface area (Å²) in [5, 5.41) is 12.0. The zero-order valence-corrected chi connectivity index (χ0v) is 9.90. The summed E-state index contributed by atoms with van der Waals surface area (Å²) in [7, 11) is 0. The van der Waals surface area contributed by atoms with Crippen molar-refractivity contribution >= 4 is 5.97 Å². The van der Waals surface area contributed by atoms with Gasteiger partial charge in [0.2, 0.25) is 0 Å². The van der Waals surface area contributed by atoms with Gasteiger partial charge in [-0.1, -0.05) is 19.9 Å². The highest BCUT2D eigenvalue weighted by Gasteiger charge is 2.20. The molecule has 0 saturated carbocycles. The molecule has 0 aromatic carbocycles. The Morgan fingerprint density at radius 1 is 1.56 bits per heavy atom. The lowest BCUT2D eigenvalue weighted by atomic mass is 10.0. The quantitative estimate of drug-likeness (QED) is 0.794. The zero-order valence-electron chi connectivity index (χ0n) is 9.90. The number of carboxylic acids is 1. The molecule has 1 aromatic heterocycles. The molecule has 1 rings (SSSR count). The van der Waals surface area contributed by atoms with Gasteiger partial charge in [0.15, 0.2) is 0 Å². The molecule has 2 N–H and O–H groups in total. The molecule has 88 valence electrons. The van der Waals surface area contributed by atoms with Crippen molar-refractivity contribution in [2.75, 3.05) is 0 Å². The van der Waals surface area contributed by atoms with E-state index in [1.807, 2.05) is 32.9 Å². The molecule has 0 fully saturated rings. The van der Waals surface area contributed by atoms with Crippen LogP contribution in [0, 0.1) is 12.8 Å². The van der Waals surface area contributed by atoms with E-state index < -0.39 is 12.0 Å². The fraction of sp³-hybridized carbons (Fsp3) is 0.500. The van der Waals surface area contributed by atoms with Gasteiger partial charge in [0.25, 0.3) is 0 Å². The summed E-state index contributed by atoms with van der Waals surface area (Å²) in [6.07, 6.45) is 1.72. The lowest BCUT2D eigenvalue weighted by molar-refractivity contribution is -0.140. The van der Waals surface area contributed by atoms with E-state index in [2.05, 4.69) is 10.3 Å². The number of carbonyl (C=O) groups is 1. The summed E-state index contributed by atoms with van der Waals surface area (Å²) >= 11 is 0. The average molecular weight is 222 g/mol. The van der Waals surface area contributed by atoms with E-state index >= 15 is 0 Å². The first-order chi connectivity index (χ1) is 7.52. The Balaban J connectivity index is 2.63. The second-order valence-corrected chi connectivity index (χ2v) is 4.21. The number of hydrogen-bond acceptors (Lipinski definition) is 3. The molecule has 0 aliphatic heterocycles. The molecule has 0 spiro atoms. The van der Waals surface area contributed by atoms with Gasteiger partial charge in [0.05, 0.1) is 5.69 Å². The van der Waals surface area contributed by atoms with E-state index in [1.54, 1.807) is 6.20 Å². The van der Waals surface area contributed by atoms with Crippen LogP contribution in [0.5, 0.6) is 0 Å². The van der Waals surface area contributed by atoms with Crippen LogP contribution in [0.4, 0.5) is 0 Å². The molecule has 1 atom stereocenters. The summed E-state index contributed by atoms with van der Waals surface area (Å²) in [5.41, 5.74) is 1.97. The van der Waals surface area contributed by atoms with Crippen LogP contribution in [0.25, 0.3) is 0 Å². The minimum Gasteiger partial charge on any atom is -0.480 e. The normalized spacial score (nSPS) is 12.8. The second-order valence-electron chi connectivity index (χ2n) is 4.21. The fourth-order valence-corrected chi connectivity index (χ4v) is 1.52. The van der Waals surface area contributed by atoms with Gasteiger partial charge in [-0.05, 0) is 24.5 Å². The molecule has 16 heavy (non-hydrogen) atoms. The summed E-state index contributed by atoms with van der Waals surface area (Å²) in [4.78, 5) is 15.2. The summed E-state index contributed by atoms with van der Waals surface area (Å²) < 4.78 is 0. The minimum absolute atomic E-state index is 0.0570. The van der Waals surface area contributed by atoms with E-state index in [4.69, 9.17) is 5.11 Å². The predicted molar refractivity (Wildman–Crippen MR) is 62.1 cm³/mol. The van der Waals surface area contributed by atoms with Crippen LogP contribution in [-0.4, -0.2) is 22.1 Å². The third-order valence-electron chi connectivity index (χ3n) is 2.54. The van der Waals surface area contributed by atoms with Crippen LogP contribution in [-0.2, 0) is 11.3 Å². The highest BCUT2D eigenvalue weighted by Crippen LogP contribution is 2.06.